The zero-order valence-corrected chi connectivity index (χ0v) is 12.9. The average Bonchev–Trinajstić information content (AvgIpc) is 2.63. The van der Waals surface area contributed by atoms with Gasteiger partial charge in [-0.25, -0.2) is 9.18 Å². The Kier molecular flexibility index (Phi) is 3.71. The first-order chi connectivity index (χ1) is 10.00. The highest BCUT2D eigenvalue weighted by Gasteiger charge is 2.51. The van der Waals surface area contributed by atoms with Crippen LogP contribution in [-0.4, -0.2) is 35.5 Å². The lowest BCUT2D eigenvalue weighted by Crippen LogP contribution is -2.57. The van der Waals surface area contributed by atoms with Crippen LogP contribution in [0.1, 0.15) is 18.4 Å². The molecule has 2 heterocycles. The van der Waals surface area contributed by atoms with Crippen LogP contribution >= 0.6 is 15.9 Å². The smallest absolute Gasteiger partial charge is 0.322 e. The SMILES string of the molecule is O=C1NC2(CCCNC2)C(=O)N1Cc1cc(F)cc(Br)c1. The normalized spacial score (nSPS) is 25.5. The summed E-state index contributed by atoms with van der Waals surface area (Å²) in [6.45, 7) is 1.37. The van der Waals surface area contributed by atoms with Gasteiger partial charge in [0.05, 0.1) is 6.54 Å². The van der Waals surface area contributed by atoms with Crippen molar-refractivity contribution in [3.05, 3.63) is 34.1 Å². The molecule has 5 nitrogen and oxygen atoms in total. The van der Waals surface area contributed by atoms with Gasteiger partial charge in [0.25, 0.3) is 5.91 Å². The molecule has 21 heavy (non-hydrogen) atoms. The summed E-state index contributed by atoms with van der Waals surface area (Å²) in [6.07, 6.45) is 1.47. The topological polar surface area (TPSA) is 61.4 Å². The largest absolute Gasteiger partial charge is 0.325 e. The van der Waals surface area contributed by atoms with Crippen molar-refractivity contribution in [2.75, 3.05) is 13.1 Å². The van der Waals surface area contributed by atoms with Gasteiger partial charge in [-0.15, -0.1) is 0 Å². The highest BCUT2D eigenvalue weighted by molar-refractivity contribution is 9.10. The van der Waals surface area contributed by atoms with E-state index < -0.39 is 17.4 Å². The fourth-order valence-electron chi connectivity index (χ4n) is 2.90. The van der Waals surface area contributed by atoms with E-state index in [1.807, 2.05) is 0 Å². The lowest BCUT2D eigenvalue weighted by atomic mass is 9.90. The summed E-state index contributed by atoms with van der Waals surface area (Å²) in [4.78, 5) is 25.8. The third-order valence-electron chi connectivity index (χ3n) is 3.89. The van der Waals surface area contributed by atoms with Gasteiger partial charge in [0.2, 0.25) is 0 Å². The minimum Gasteiger partial charge on any atom is -0.322 e. The maximum absolute atomic E-state index is 13.4. The molecule has 0 aromatic heterocycles. The van der Waals surface area contributed by atoms with Gasteiger partial charge in [-0.1, -0.05) is 15.9 Å². The van der Waals surface area contributed by atoms with Crippen LogP contribution in [0.2, 0.25) is 0 Å². The molecule has 1 aromatic carbocycles. The Hall–Kier alpha value is -1.47. The third kappa shape index (κ3) is 2.67. The van der Waals surface area contributed by atoms with Crippen molar-refractivity contribution in [1.29, 1.82) is 0 Å². The molecule has 0 saturated carbocycles. The number of imide groups is 1. The number of amides is 3. The maximum Gasteiger partial charge on any atom is 0.325 e. The van der Waals surface area contributed by atoms with Gasteiger partial charge in [-0.2, -0.15) is 0 Å². The molecule has 112 valence electrons. The van der Waals surface area contributed by atoms with Gasteiger partial charge < -0.3 is 10.6 Å². The van der Waals surface area contributed by atoms with Crippen molar-refractivity contribution in [1.82, 2.24) is 15.5 Å². The predicted octanol–water partition coefficient (Wildman–Crippen LogP) is 1.76. The first-order valence-electron chi connectivity index (χ1n) is 6.80. The van der Waals surface area contributed by atoms with Crippen LogP contribution in [0, 0.1) is 5.82 Å². The van der Waals surface area contributed by atoms with Crippen molar-refractivity contribution < 1.29 is 14.0 Å². The van der Waals surface area contributed by atoms with E-state index in [2.05, 4.69) is 26.6 Å². The second kappa shape index (κ2) is 5.38. The number of nitrogens with zero attached hydrogens (tertiary/aromatic N) is 1. The molecule has 7 heteroatoms. The summed E-state index contributed by atoms with van der Waals surface area (Å²) >= 11 is 3.21. The molecular formula is C14H15BrFN3O2. The second-order valence-corrected chi connectivity index (χ2v) is 6.38. The molecule has 1 unspecified atom stereocenters. The van der Waals surface area contributed by atoms with Crippen molar-refractivity contribution in [2.24, 2.45) is 0 Å². The number of carbonyl (C=O) groups excluding carboxylic acids is 2. The molecule has 1 aromatic rings. The summed E-state index contributed by atoms with van der Waals surface area (Å²) < 4.78 is 14.0. The van der Waals surface area contributed by atoms with Gasteiger partial charge in [-0.05, 0) is 43.1 Å². The second-order valence-electron chi connectivity index (χ2n) is 5.46. The molecule has 1 atom stereocenters. The Balaban J connectivity index is 1.82. The van der Waals surface area contributed by atoms with Crippen LogP contribution in [0.3, 0.4) is 0 Å². The van der Waals surface area contributed by atoms with Crippen LogP contribution < -0.4 is 10.6 Å². The monoisotopic (exact) mass is 355 g/mol. The van der Waals surface area contributed by atoms with E-state index in [0.717, 1.165) is 17.9 Å². The first kappa shape index (κ1) is 14.5. The minimum atomic E-state index is -0.833. The zero-order valence-electron chi connectivity index (χ0n) is 11.3. The number of piperidine rings is 1. The van der Waals surface area contributed by atoms with E-state index in [1.54, 1.807) is 6.07 Å². The van der Waals surface area contributed by atoms with E-state index in [4.69, 9.17) is 0 Å². The van der Waals surface area contributed by atoms with Gasteiger partial charge in [-0.3, -0.25) is 9.69 Å². The van der Waals surface area contributed by atoms with E-state index in [1.165, 1.54) is 12.1 Å². The van der Waals surface area contributed by atoms with E-state index in [0.29, 0.717) is 23.0 Å². The van der Waals surface area contributed by atoms with Gasteiger partial charge in [0, 0.05) is 11.0 Å². The van der Waals surface area contributed by atoms with Crippen molar-refractivity contribution in [2.45, 2.75) is 24.9 Å². The molecule has 2 N–H and O–H groups in total. The van der Waals surface area contributed by atoms with Crippen molar-refractivity contribution in [3.63, 3.8) is 0 Å². The Morgan fingerprint density at radius 3 is 2.81 bits per heavy atom. The van der Waals surface area contributed by atoms with Crippen LogP contribution in [0.25, 0.3) is 0 Å². The number of benzene rings is 1. The summed E-state index contributed by atoms with van der Waals surface area (Å²) in [5, 5.41) is 5.93. The standard InChI is InChI=1S/C14H15BrFN3O2/c15-10-4-9(5-11(16)6-10)7-19-12(20)14(18-13(19)21)2-1-3-17-8-14/h4-6,17H,1-3,7-8H2,(H,18,21). The van der Waals surface area contributed by atoms with Crippen LogP contribution in [-0.2, 0) is 11.3 Å². The molecule has 0 bridgehead atoms. The zero-order chi connectivity index (χ0) is 15.0. The lowest BCUT2D eigenvalue weighted by molar-refractivity contribution is -0.132. The summed E-state index contributed by atoms with van der Waals surface area (Å²) in [7, 11) is 0. The molecule has 0 radical (unpaired) electrons. The number of hydrogen-bond acceptors (Lipinski definition) is 3. The number of rotatable bonds is 2. The van der Waals surface area contributed by atoms with E-state index in [-0.39, 0.29) is 12.5 Å². The fraction of sp³-hybridized carbons (Fsp3) is 0.429. The molecule has 2 aliphatic heterocycles. The Morgan fingerprint density at radius 1 is 1.33 bits per heavy atom. The minimum absolute atomic E-state index is 0.0722. The molecule has 3 amide bonds. The van der Waals surface area contributed by atoms with Crippen molar-refractivity contribution >= 4 is 27.9 Å². The maximum atomic E-state index is 13.4. The Labute approximate surface area is 130 Å². The molecule has 3 rings (SSSR count). The molecular weight excluding hydrogens is 341 g/mol. The molecule has 1 spiro atoms. The van der Waals surface area contributed by atoms with Gasteiger partial charge >= 0.3 is 6.03 Å². The lowest BCUT2D eigenvalue weighted by Gasteiger charge is -2.31. The number of urea groups is 1. The fourth-order valence-corrected chi connectivity index (χ4v) is 3.41. The Morgan fingerprint density at radius 2 is 2.14 bits per heavy atom. The third-order valence-corrected chi connectivity index (χ3v) is 4.35. The molecule has 0 aliphatic carbocycles. The van der Waals surface area contributed by atoms with Crippen LogP contribution in [0.15, 0.2) is 22.7 Å². The number of halogens is 2. The van der Waals surface area contributed by atoms with E-state index >= 15 is 0 Å². The quantitative estimate of drug-likeness (QED) is 0.794. The van der Waals surface area contributed by atoms with E-state index in [9.17, 15) is 14.0 Å². The average molecular weight is 356 g/mol. The molecule has 2 fully saturated rings. The first-order valence-corrected chi connectivity index (χ1v) is 7.59. The van der Waals surface area contributed by atoms with Crippen molar-refractivity contribution in [3.8, 4) is 0 Å². The highest BCUT2D eigenvalue weighted by atomic mass is 79.9. The Bertz CT molecular complexity index is 582. The summed E-state index contributed by atoms with van der Waals surface area (Å²) in [5.41, 5.74) is -0.258. The number of nitrogens with one attached hydrogen (secondary N) is 2. The predicted molar refractivity (Wildman–Crippen MR) is 78.0 cm³/mol. The van der Waals surface area contributed by atoms with Crippen LogP contribution in [0.4, 0.5) is 9.18 Å². The molecule has 2 aliphatic rings. The summed E-state index contributed by atoms with van der Waals surface area (Å²) in [5.74, 6) is -0.638. The molecule has 2 saturated heterocycles. The number of hydrogen-bond donors (Lipinski definition) is 2. The number of carbonyl (C=O) groups is 2. The van der Waals surface area contributed by atoms with Crippen LogP contribution in [0.5, 0.6) is 0 Å². The van der Waals surface area contributed by atoms with Gasteiger partial charge in [0.1, 0.15) is 11.4 Å². The summed E-state index contributed by atoms with van der Waals surface area (Å²) in [6, 6.07) is 3.95. The van der Waals surface area contributed by atoms with Gasteiger partial charge in [0.15, 0.2) is 0 Å². The highest BCUT2D eigenvalue weighted by Crippen LogP contribution is 2.27.